The molecule has 2 N–H and O–H groups in total. The van der Waals surface area contributed by atoms with Crippen LogP contribution in [0.25, 0.3) is 0 Å². The molecule has 4 heteroatoms. The minimum absolute atomic E-state index is 0.154. The van der Waals surface area contributed by atoms with Crippen LogP contribution < -0.4 is 10.6 Å². The molecule has 0 fully saturated rings. The smallest absolute Gasteiger partial charge is 0.157 e. The summed E-state index contributed by atoms with van der Waals surface area (Å²) in [5.41, 5.74) is 1.64. The van der Waals surface area contributed by atoms with E-state index in [1.807, 2.05) is 91.9 Å². The van der Waals surface area contributed by atoms with Gasteiger partial charge in [0, 0.05) is 10.6 Å². The molecule has 4 aromatic carbocycles. The third-order valence-electron chi connectivity index (χ3n) is 5.73. The Kier molecular flexibility index (Phi) is 5.24. The topological polar surface area (TPSA) is 57.5 Å². The maximum Gasteiger partial charge on any atom is 0.157 e. The maximum absolute atomic E-state index is 15.3. The molecule has 0 heterocycles. The van der Waals surface area contributed by atoms with Gasteiger partial charge in [0.15, 0.2) is 7.14 Å². The Hall–Kier alpha value is -3.29. The number of rotatable bonds is 5. The SMILES string of the molecule is CC(c1ccc(O)cc1)(c1ccc(O)cc1)P(=O)(c1ccccc1)c1ccccc1. The molecule has 0 radical (unpaired) electrons. The zero-order valence-electron chi connectivity index (χ0n) is 16.6. The zero-order chi connectivity index (χ0) is 21.2. The summed E-state index contributed by atoms with van der Waals surface area (Å²) in [5, 5.41) is 20.3. The summed E-state index contributed by atoms with van der Waals surface area (Å²) >= 11 is 0. The van der Waals surface area contributed by atoms with E-state index in [9.17, 15) is 10.2 Å². The fourth-order valence-electron chi connectivity index (χ4n) is 4.04. The number of hydrogen-bond acceptors (Lipinski definition) is 3. The number of aromatic hydroxyl groups is 2. The van der Waals surface area contributed by atoms with Crippen molar-refractivity contribution in [1.29, 1.82) is 0 Å². The van der Waals surface area contributed by atoms with E-state index in [0.29, 0.717) is 0 Å². The van der Waals surface area contributed by atoms with Crippen LogP contribution in [0.1, 0.15) is 18.1 Å². The van der Waals surface area contributed by atoms with E-state index in [-0.39, 0.29) is 11.5 Å². The van der Waals surface area contributed by atoms with Gasteiger partial charge >= 0.3 is 0 Å². The molecule has 4 rings (SSSR count). The molecule has 0 aromatic heterocycles. The largest absolute Gasteiger partial charge is 0.508 e. The van der Waals surface area contributed by atoms with Gasteiger partial charge in [-0.1, -0.05) is 84.9 Å². The number of phenols is 2. The first-order chi connectivity index (χ1) is 14.5. The molecule has 0 bridgehead atoms. The molecule has 150 valence electrons. The van der Waals surface area contributed by atoms with Gasteiger partial charge in [0.05, 0.1) is 5.16 Å². The van der Waals surface area contributed by atoms with Crippen molar-refractivity contribution in [3.63, 3.8) is 0 Å². The van der Waals surface area contributed by atoms with Gasteiger partial charge in [0.1, 0.15) is 11.5 Å². The van der Waals surface area contributed by atoms with Crippen LogP contribution in [0.4, 0.5) is 0 Å². The molecule has 0 aliphatic heterocycles. The highest BCUT2D eigenvalue weighted by molar-refractivity contribution is 7.79. The summed E-state index contributed by atoms with van der Waals surface area (Å²) in [5.74, 6) is 0.308. The van der Waals surface area contributed by atoms with Crippen LogP contribution in [-0.4, -0.2) is 10.2 Å². The highest BCUT2D eigenvalue weighted by Crippen LogP contribution is 2.64. The summed E-state index contributed by atoms with van der Waals surface area (Å²) in [6.45, 7) is 1.98. The summed E-state index contributed by atoms with van der Waals surface area (Å²) in [4.78, 5) is 0. The molecule has 0 amide bonds. The van der Waals surface area contributed by atoms with Gasteiger partial charge in [-0.25, -0.2) is 0 Å². The van der Waals surface area contributed by atoms with E-state index in [1.54, 1.807) is 24.3 Å². The van der Waals surface area contributed by atoms with Crippen LogP contribution in [0.3, 0.4) is 0 Å². The summed E-state index contributed by atoms with van der Waals surface area (Å²) in [7, 11) is -3.28. The van der Waals surface area contributed by atoms with Crippen molar-refractivity contribution < 1.29 is 14.8 Å². The van der Waals surface area contributed by atoms with Crippen molar-refractivity contribution in [3.8, 4) is 11.5 Å². The van der Waals surface area contributed by atoms with Crippen LogP contribution in [0.5, 0.6) is 11.5 Å². The third kappa shape index (κ3) is 3.22. The average Bonchev–Trinajstić information content (AvgIpc) is 2.80. The van der Waals surface area contributed by atoms with Crippen molar-refractivity contribution in [2.24, 2.45) is 0 Å². The fourth-order valence-corrected chi connectivity index (χ4v) is 7.58. The van der Waals surface area contributed by atoms with E-state index in [0.717, 1.165) is 21.7 Å². The molecule has 0 aliphatic rings. The van der Waals surface area contributed by atoms with Crippen LogP contribution in [0, 0.1) is 0 Å². The first kappa shape index (κ1) is 20.0. The standard InChI is InChI=1S/C26H23O3P/c1-26(20-12-16-22(27)17-13-20,21-14-18-23(28)19-15-21)30(29,24-8-4-2-5-9-24)25-10-6-3-7-11-25/h2-19,27-28H,1H3. The Balaban J connectivity index is 2.10. The first-order valence-corrected chi connectivity index (χ1v) is 11.5. The monoisotopic (exact) mass is 414 g/mol. The van der Waals surface area contributed by atoms with Gasteiger partial charge in [-0.15, -0.1) is 0 Å². The average molecular weight is 414 g/mol. The third-order valence-corrected chi connectivity index (χ3v) is 9.55. The van der Waals surface area contributed by atoms with Crippen molar-refractivity contribution in [3.05, 3.63) is 120 Å². The molecular weight excluding hydrogens is 391 g/mol. The molecule has 4 aromatic rings. The Bertz CT molecular complexity index is 1080. The highest BCUT2D eigenvalue weighted by atomic mass is 31.2. The minimum atomic E-state index is -3.28. The maximum atomic E-state index is 15.3. The number of benzene rings is 4. The summed E-state index contributed by atoms with van der Waals surface area (Å²) in [6, 6.07) is 32.8. The molecule has 3 nitrogen and oxygen atoms in total. The molecular formula is C26H23O3P. The Morgan fingerprint density at radius 2 is 0.900 bits per heavy atom. The lowest BCUT2D eigenvalue weighted by molar-refractivity contribution is 0.474. The Labute approximate surface area is 176 Å². The van der Waals surface area contributed by atoms with Crippen LogP contribution in [-0.2, 0) is 9.72 Å². The van der Waals surface area contributed by atoms with Crippen molar-refractivity contribution >= 4 is 17.8 Å². The fraction of sp³-hybridized carbons (Fsp3) is 0.0769. The number of phenolic OH excluding ortho intramolecular Hbond substituents is 2. The van der Waals surface area contributed by atoms with Crippen molar-refractivity contribution in [1.82, 2.24) is 0 Å². The first-order valence-electron chi connectivity index (χ1n) is 9.76. The second-order valence-corrected chi connectivity index (χ2v) is 10.6. The van der Waals surface area contributed by atoms with Gasteiger partial charge < -0.3 is 14.8 Å². The molecule has 30 heavy (non-hydrogen) atoms. The van der Waals surface area contributed by atoms with Gasteiger partial charge in [0.25, 0.3) is 0 Å². The quantitative estimate of drug-likeness (QED) is 0.432. The van der Waals surface area contributed by atoms with Crippen LogP contribution in [0.2, 0.25) is 0 Å². The molecule has 0 spiro atoms. The lowest BCUT2D eigenvalue weighted by Crippen LogP contribution is -2.34. The molecule has 0 aliphatic carbocycles. The zero-order valence-corrected chi connectivity index (χ0v) is 17.5. The van der Waals surface area contributed by atoms with Gasteiger partial charge in [-0.05, 0) is 42.3 Å². The van der Waals surface area contributed by atoms with E-state index >= 15 is 4.57 Å². The van der Waals surface area contributed by atoms with Gasteiger partial charge in [0.2, 0.25) is 0 Å². The second kappa shape index (κ2) is 7.85. The highest BCUT2D eigenvalue weighted by Gasteiger charge is 2.49. The summed E-state index contributed by atoms with van der Waals surface area (Å²) < 4.78 is 15.3. The van der Waals surface area contributed by atoms with Crippen LogP contribution >= 0.6 is 7.14 Å². The Morgan fingerprint density at radius 3 is 1.23 bits per heavy atom. The lowest BCUT2D eigenvalue weighted by atomic mass is 9.92. The molecule has 0 atom stereocenters. The number of hydrogen-bond donors (Lipinski definition) is 2. The van der Waals surface area contributed by atoms with Crippen molar-refractivity contribution in [2.45, 2.75) is 12.1 Å². The van der Waals surface area contributed by atoms with Gasteiger partial charge in [-0.2, -0.15) is 0 Å². The van der Waals surface area contributed by atoms with E-state index in [2.05, 4.69) is 0 Å². The van der Waals surface area contributed by atoms with Crippen LogP contribution in [0.15, 0.2) is 109 Å². The van der Waals surface area contributed by atoms with Crippen molar-refractivity contribution in [2.75, 3.05) is 0 Å². The molecule has 0 unspecified atom stereocenters. The summed E-state index contributed by atoms with van der Waals surface area (Å²) in [6.07, 6.45) is 0. The minimum Gasteiger partial charge on any atom is -0.508 e. The van der Waals surface area contributed by atoms with E-state index in [1.165, 1.54) is 0 Å². The van der Waals surface area contributed by atoms with E-state index in [4.69, 9.17) is 0 Å². The second-order valence-electron chi connectivity index (χ2n) is 7.45. The normalized spacial score (nSPS) is 11.9. The van der Waals surface area contributed by atoms with E-state index < -0.39 is 12.3 Å². The molecule has 0 saturated carbocycles. The Morgan fingerprint density at radius 1 is 0.567 bits per heavy atom. The van der Waals surface area contributed by atoms with Gasteiger partial charge in [-0.3, -0.25) is 0 Å². The molecule has 0 saturated heterocycles. The predicted molar refractivity (Wildman–Crippen MR) is 122 cm³/mol. The predicted octanol–water partition coefficient (Wildman–Crippen LogP) is 5.38. The lowest BCUT2D eigenvalue weighted by Gasteiger charge is -2.39.